The van der Waals surface area contributed by atoms with Crippen LogP contribution in [0.3, 0.4) is 0 Å². The first-order chi connectivity index (χ1) is 14.4. The molecule has 1 saturated heterocycles. The van der Waals surface area contributed by atoms with E-state index in [-0.39, 0.29) is 23.7 Å². The fourth-order valence-corrected chi connectivity index (χ4v) is 3.38. The minimum absolute atomic E-state index is 0.0549. The van der Waals surface area contributed by atoms with E-state index in [9.17, 15) is 19.8 Å². The summed E-state index contributed by atoms with van der Waals surface area (Å²) in [5, 5.41) is 20.6. The number of esters is 1. The fourth-order valence-electron chi connectivity index (χ4n) is 3.38. The van der Waals surface area contributed by atoms with Crippen LogP contribution in [0.1, 0.15) is 29.4 Å². The first-order valence-corrected chi connectivity index (χ1v) is 9.52. The highest BCUT2D eigenvalue weighted by atomic mass is 16.5. The highest BCUT2D eigenvalue weighted by molar-refractivity contribution is 5.71. The molecule has 0 spiro atoms. The van der Waals surface area contributed by atoms with Crippen LogP contribution in [0, 0.1) is 0 Å². The Morgan fingerprint density at radius 3 is 2.57 bits per heavy atom. The van der Waals surface area contributed by atoms with Gasteiger partial charge in [-0.05, 0) is 17.7 Å². The second-order valence-electron chi connectivity index (χ2n) is 6.94. The van der Waals surface area contributed by atoms with Crippen LogP contribution in [0.5, 0.6) is 17.2 Å². The lowest BCUT2D eigenvalue weighted by atomic mass is 9.92. The molecule has 9 heteroatoms. The minimum Gasteiger partial charge on any atom is -0.504 e. The summed E-state index contributed by atoms with van der Waals surface area (Å²) >= 11 is 0. The summed E-state index contributed by atoms with van der Waals surface area (Å²) in [6.07, 6.45) is -0.195. The van der Waals surface area contributed by atoms with Crippen molar-refractivity contribution in [1.82, 2.24) is 4.90 Å². The number of benzene rings is 1. The molecule has 30 heavy (non-hydrogen) atoms. The van der Waals surface area contributed by atoms with Gasteiger partial charge >= 0.3 is 5.97 Å². The third kappa shape index (κ3) is 4.92. The Kier molecular flexibility index (Phi) is 6.96. The summed E-state index contributed by atoms with van der Waals surface area (Å²) in [6, 6.07) is 5.80. The maximum absolute atomic E-state index is 12.4. The van der Waals surface area contributed by atoms with E-state index in [1.54, 1.807) is 6.07 Å². The number of ether oxygens (including phenoxy) is 3. The van der Waals surface area contributed by atoms with E-state index in [4.69, 9.17) is 18.6 Å². The largest absolute Gasteiger partial charge is 0.504 e. The molecular formula is C21H25NO8. The molecule has 1 aliphatic heterocycles. The summed E-state index contributed by atoms with van der Waals surface area (Å²) in [7, 11) is 2.66. The van der Waals surface area contributed by atoms with Gasteiger partial charge in [0.15, 0.2) is 17.3 Å². The third-order valence-electron chi connectivity index (χ3n) is 5.00. The second-order valence-corrected chi connectivity index (χ2v) is 6.94. The van der Waals surface area contributed by atoms with Crippen LogP contribution in [-0.2, 0) is 20.8 Å². The van der Waals surface area contributed by atoms with Crippen LogP contribution in [-0.4, -0.2) is 61.6 Å². The topological polar surface area (TPSA) is 119 Å². The number of carbonyl (C=O) groups excluding carboxylic acids is 1. The normalized spacial score (nSPS) is 15.5. The zero-order valence-corrected chi connectivity index (χ0v) is 16.9. The molecule has 162 valence electrons. The zero-order valence-electron chi connectivity index (χ0n) is 16.9. The first kappa shape index (κ1) is 21.7. The molecule has 0 bridgehead atoms. The molecule has 9 nitrogen and oxygen atoms in total. The maximum atomic E-state index is 12.4. The summed E-state index contributed by atoms with van der Waals surface area (Å²) < 4.78 is 21.0. The zero-order chi connectivity index (χ0) is 21.7. The van der Waals surface area contributed by atoms with E-state index in [1.807, 2.05) is 0 Å². The monoisotopic (exact) mass is 419 g/mol. The van der Waals surface area contributed by atoms with E-state index < -0.39 is 23.1 Å². The predicted octanol–water partition coefficient (Wildman–Crippen LogP) is 1.59. The number of hydrogen-bond acceptors (Lipinski definition) is 9. The van der Waals surface area contributed by atoms with Crippen molar-refractivity contribution in [3.05, 3.63) is 51.6 Å². The lowest BCUT2D eigenvalue weighted by Gasteiger charge is -2.26. The van der Waals surface area contributed by atoms with Gasteiger partial charge in [0.25, 0.3) is 0 Å². The SMILES string of the molecule is COC(=O)C[C@@H](c1ccc(OC)c(O)c1)c1oc(CN2CCOCC2)cc(=O)c1O. The van der Waals surface area contributed by atoms with Gasteiger partial charge in [0.2, 0.25) is 11.2 Å². The highest BCUT2D eigenvalue weighted by Crippen LogP contribution is 2.37. The predicted molar refractivity (Wildman–Crippen MR) is 106 cm³/mol. The number of aromatic hydroxyl groups is 2. The van der Waals surface area contributed by atoms with Gasteiger partial charge in [-0.1, -0.05) is 6.07 Å². The van der Waals surface area contributed by atoms with Crippen molar-refractivity contribution in [2.24, 2.45) is 0 Å². The average molecular weight is 419 g/mol. The maximum Gasteiger partial charge on any atom is 0.306 e. The van der Waals surface area contributed by atoms with E-state index in [1.165, 1.54) is 32.4 Å². The molecule has 0 radical (unpaired) electrons. The lowest BCUT2D eigenvalue weighted by Crippen LogP contribution is -2.35. The molecule has 3 rings (SSSR count). The minimum atomic E-state index is -0.841. The van der Waals surface area contributed by atoms with Gasteiger partial charge in [-0.25, -0.2) is 0 Å². The third-order valence-corrected chi connectivity index (χ3v) is 5.00. The van der Waals surface area contributed by atoms with E-state index in [0.29, 0.717) is 44.2 Å². The summed E-state index contributed by atoms with van der Waals surface area (Å²) in [4.78, 5) is 26.5. The smallest absolute Gasteiger partial charge is 0.306 e. The van der Waals surface area contributed by atoms with Crippen molar-refractivity contribution in [3.63, 3.8) is 0 Å². The van der Waals surface area contributed by atoms with Crippen molar-refractivity contribution >= 4 is 5.97 Å². The number of phenols is 1. The van der Waals surface area contributed by atoms with Crippen LogP contribution >= 0.6 is 0 Å². The molecule has 2 N–H and O–H groups in total. The van der Waals surface area contributed by atoms with Crippen molar-refractivity contribution in [1.29, 1.82) is 0 Å². The number of hydrogen-bond donors (Lipinski definition) is 2. The Bertz CT molecular complexity index is 949. The van der Waals surface area contributed by atoms with Crippen molar-refractivity contribution in [2.45, 2.75) is 18.9 Å². The molecule has 0 aliphatic carbocycles. The van der Waals surface area contributed by atoms with E-state index >= 15 is 0 Å². The van der Waals surface area contributed by atoms with E-state index in [0.717, 1.165) is 0 Å². The lowest BCUT2D eigenvalue weighted by molar-refractivity contribution is -0.140. The molecule has 1 fully saturated rings. The van der Waals surface area contributed by atoms with Gasteiger partial charge in [-0.2, -0.15) is 0 Å². The Morgan fingerprint density at radius 2 is 1.93 bits per heavy atom. The molecule has 1 aromatic heterocycles. The Balaban J connectivity index is 2.02. The number of nitrogens with zero attached hydrogens (tertiary/aromatic N) is 1. The molecule has 1 atom stereocenters. The van der Waals surface area contributed by atoms with Crippen molar-refractivity contribution < 1.29 is 33.6 Å². The molecule has 2 heterocycles. The Morgan fingerprint density at radius 1 is 1.20 bits per heavy atom. The van der Waals surface area contributed by atoms with Crippen molar-refractivity contribution in [2.75, 3.05) is 40.5 Å². The van der Waals surface area contributed by atoms with Gasteiger partial charge in [-0.3, -0.25) is 14.5 Å². The second kappa shape index (κ2) is 9.64. The number of phenolic OH excluding ortho intramolecular Hbond substituents is 1. The number of methoxy groups -OCH3 is 2. The summed E-state index contributed by atoms with van der Waals surface area (Å²) in [5.41, 5.74) is -0.146. The molecule has 0 amide bonds. The average Bonchev–Trinajstić information content (AvgIpc) is 2.75. The number of morpholine rings is 1. The van der Waals surface area contributed by atoms with Crippen LogP contribution in [0.25, 0.3) is 0 Å². The molecule has 0 unspecified atom stereocenters. The Hall–Kier alpha value is -3.04. The van der Waals surface area contributed by atoms with Gasteiger partial charge in [0, 0.05) is 19.2 Å². The van der Waals surface area contributed by atoms with Gasteiger partial charge in [-0.15, -0.1) is 0 Å². The van der Waals surface area contributed by atoms with Crippen LogP contribution in [0.15, 0.2) is 33.5 Å². The molecule has 1 aromatic carbocycles. The molecule has 0 saturated carbocycles. The molecular weight excluding hydrogens is 394 g/mol. The molecule has 1 aliphatic rings. The van der Waals surface area contributed by atoms with E-state index in [2.05, 4.69) is 4.90 Å². The quantitative estimate of drug-likeness (QED) is 0.645. The van der Waals surface area contributed by atoms with Gasteiger partial charge in [0.1, 0.15) is 5.76 Å². The van der Waals surface area contributed by atoms with Crippen LogP contribution in [0.2, 0.25) is 0 Å². The fraction of sp³-hybridized carbons (Fsp3) is 0.429. The van der Waals surface area contributed by atoms with Gasteiger partial charge in [0.05, 0.1) is 46.3 Å². The van der Waals surface area contributed by atoms with Crippen LogP contribution < -0.4 is 10.2 Å². The van der Waals surface area contributed by atoms with Gasteiger partial charge < -0.3 is 28.8 Å². The molecule has 2 aromatic rings. The summed E-state index contributed by atoms with van der Waals surface area (Å²) in [6.45, 7) is 2.93. The highest BCUT2D eigenvalue weighted by Gasteiger charge is 2.28. The van der Waals surface area contributed by atoms with Crippen LogP contribution in [0.4, 0.5) is 0 Å². The number of carbonyl (C=O) groups is 1. The Labute approximate surface area is 173 Å². The number of rotatable bonds is 7. The first-order valence-electron chi connectivity index (χ1n) is 9.52. The summed E-state index contributed by atoms with van der Waals surface area (Å²) in [5.74, 6) is -1.56. The van der Waals surface area contributed by atoms with Crippen molar-refractivity contribution in [3.8, 4) is 17.2 Å². The standard InChI is InChI=1S/C21H25NO8/c1-27-18-4-3-13(9-16(18)23)15(11-19(25)28-2)21-20(26)17(24)10-14(30-21)12-22-5-7-29-8-6-22/h3-4,9-10,15,23,26H,5-8,11-12H2,1-2H3/t15-/m0/s1.